The Morgan fingerprint density at radius 3 is 2.68 bits per heavy atom. The Morgan fingerprint density at radius 2 is 1.97 bits per heavy atom. The lowest BCUT2D eigenvalue weighted by Crippen LogP contribution is -2.46. The maximum atomic E-state index is 13.0. The van der Waals surface area contributed by atoms with Gasteiger partial charge >= 0.3 is 13.1 Å². The Labute approximate surface area is 223 Å². The molecule has 37 heavy (non-hydrogen) atoms. The van der Waals surface area contributed by atoms with Gasteiger partial charge in [-0.1, -0.05) is 37.6 Å². The molecule has 2 heterocycles. The van der Waals surface area contributed by atoms with Crippen LogP contribution in [0, 0.1) is 12.8 Å². The Morgan fingerprint density at radius 1 is 1.22 bits per heavy atom. The Balaban J connectivity index is 1.32. The maximum absolute atomic E-state index is 13.0. The smallest absolute Gasteiger partial charge is 0.491 e. The van der Waals surface area contributed by atoms with Crippen LogP contribution in [0.1, 0.15) is 53.7 Å². The first-order valence-electron chi connectivity index (χ1n) is 12.8. The fraction of sp³-hybridized carbons (Fsp3) is 0.481. The predicted octanol–water partition coefficient (Wildman–Crippen LogP) is 2.84. The zero-order valence-corrected chi connectivity index (χ0v) is 22.3. The maximum Gasteiger partial charge on any atom is 0.492 e. The first kappa shape index (κ1) is 27.4. The summed E-state index contributed by atoms with van der Waals surface area (Å²) in [5, 5.41) is 13.3. The monoisotopic (exact) mass is 528 g/mol. The van der Waals surface area contributed by atoms with Crippen molar-refractivity contribution in [2.24, 2.45) is 5.92 Å². The second-order valence-electron chi connectivity index (χ2n) is 9.94. The van der Waals surface area contributed by atoms with Crippen LogP contribution >= 0.6 is 11.6 Å². The van der Waals surface area contributed by atoms with Crippen molar-refractivity contribution in [3.63, 3.8) is 0 Å². The molecule has 4 rings (SSSR count). The Kier molecular flexibility index (Phi) is 9.13. The second kappa shape index (κ2) is 12.3. The number of rotatable bonds is 10. The topological polar surface area (TPSA) is 97.3 Å². The van der Waals surface area contributed by atoms with Gasteiger partial charge in [-0.25, -0.2) is 4.79 Å². The van der Waals surface area contributed by atoms with Crippen molar-refractivity contribution >= 4 is 36.1 Å². The first-order valence-corrected chi connectivity index (χ1v) is 13.2. The van der Waals surface area contributed by atoms with E-state index in [2.05, 4.69) is 10.2 Å². The van der Waals surface area contributed by atoms with Gasteiger partial charge in [0.05, 0.1) is 11.6 Å². The fourth-order valence-electron chi connectivity index (χ4n) is 4.76. The molecule has 8 nitrogen and oxygen atoms in total. The highest BCUT2D eigenvalue weighted by molar-refractivity contribution is 6.62. The number of likely N-dealkylation sites (tertiary alicyclic amines) is 1. The number of carbonyl (C=O) groups excluding carboxylic acids is 2. The van der Waals surface area contributed by atoms with Crippen molar-refractivity contribution in [2.45, 2.75) is 52.9 Å². The summed E-state index contributed by atoms with van der Waals surface area (Å²) in [7, 11) is -1.05. The molecule has 2 aliphatic heterocycles. The van der Waals surface area contributed by atoms with Crippen molar-refractivity contribution in [1.29, 1.82) is 0 Å². The molecule has 0 saturated carbocycles. The molecule has 1 atom stereocenters. The summed E-state index contributed by atoms with van der Waals surface area (Å²) in [4.78, 5) is 28.3. The van der Waals surface area contributed by atoms with E-state index in [1.54, 1.807) is 31.2 Å². The van der Waals surface area contributed by atoms with E-state index in [1.807, 2.05) is 19.9 Å². The largest absolute Gasteiger partial charge is 0.492 e. The fourth-order valence-corrected chi connectivity index (χ4v) is 5.01. The molecule has 2 aliphatic rings. The quantitative estimate of drug-likeness (QED) is 0.361. The van der Waals surface area contributed by atoms with E-state index < -0.39 is 25.0 Å². The van der Waals surface area contributed by atoms with E-state index in [9.17, 15) is 14.6 Å². The zero-order chi connectivity index (χ0) is 26.5. The van der Waals surface area contributed by atoms with Crippen molar-refractivity contribution in [1.82, 2.24) is 10.2 Å². The predicted molar refractivity (Wildman–Crippen MR) is 142 cm³/mol. The number of nitrogens with zero attached hydrogens (tertiary/aromatic N) is 1. The van der Waals surface area contributed by atoms with Gasteiger partial charge in [0.1, 0.15) is 25.0 Å². The van der Waals surface area contributed by atoms with Gasteiger partial charge in [-0.15, -0.1) is 0 Å². The number of hydrogen-bond acceptors (Lipinski definition) is 7. The molecular formula is C27H34BClN2O6. The summed E-state index contributed by atoms with van der Waals surface area (Å²) in [6.45, 7) is 9.43. The SMILES string of the molecule is Cc1c(C(=O)N[C@H](C(=O)OCc2ccc(OCCN3CCCC3)c(Cl)c2)C(C)C)ccc2c1B(O)OC2. The molecule has 2 aromatic rings. The van der Waals surface area contributed by atoms with E-state index in [0.29, 0.717) is 40.6 Å². The van der Waals surface area contributed by atoms with Crippen molar-refractivity contribution in [2.75, 3.05) is 26.2 Å². The molecule has 10 heteroatoms. The molecular weight excluding hydrogens is 495 g/mol. The lowest BCUT2D eigenvalue weighted by atomic mass is 9.75. The van der Waals surface area contributed by atoms with E-state index in [1.165, 1.54) is 12.8 Å². The summed E-state index contributed by atoms with van der Waals surface area (Å²) in [6.07, 6.45) is 2.48. The molecule has 0 unspecified atom stereocenters. The average molecular weight is 529 g/mol. The molecule has 2 N–H and O–H groups in total. The van der Waals surface area contributed by atoms with Crippen molar-refractivity contribution in [3.8, 4) is 5.75 Å². The van der Waals surface area contributed by atoms with E-state index in [4.69, 9.17) is 25.7 Å². The minimum atomic E-state index is -1.05. The molecule has 1 fully saturated rings. The number of esters is 1. The minimum absolute atomic E-state index is 0.0209. The van der Waals surface area contributed by atoms with Crippen LogP contribution in [-0.4, -0.2) is 61.2 Å². The lowest BCUT2D eigenvalue weighted by Gasteiger charge is -2.22. The van der Waals surface area contributed by atoms with E-state index in [-0.39, 0.29) is 12.5 Å². The summed E-state index contributed by atoms with van der Waals surface area (Å²) < 4.78 is 16.6. The molecule has 1 saturated heterocycles. The van der Waals surface area contributed by atoms with Crippen molar-refractivity contribution in [3.05, 3.63) is 57.6 Å². The Hall–Kier alpha value is -2.59. The molecule has 2 aromatic carbocycles. The van der Waals surface area contributed by atoms with Crippen LogP contribution < -0.4 is 15.5 Å². The molecule has 0 bridgehead atoms. The summed E-state index contributed by atoms with van der Waals surface area (Å²) in [5.41, 5.74) is 3.20. The molecule has 0 aliphatic carbocycles. The standard InChI is InChI=1S/C27H34BClN2O6/c1-17(2)25(30-26(32)21-8-7-20-16-37-28(34)24(20)18(21)3)27(33)36-15-19-6-9-23(22(29)14-19)35-13-12-31-10-4-5-11-31/h6-9,14,17,25,34H,4-5,10-13,15-16H2,1-3H3,(H,30,32)/t25-/m0/s1. The number of ether oxygens (including phenoxy) is 2. The molecule has 0 spiro atoms. The van der Waals surface area contributed by atoms with Gasteiger partial charge < -0.3 is 24.5 Å². The van der Waals surface area contributed by atoms with Gasteiger partial charge in [-0.05, 0) is 79.1 Å². The van der Waals surface area contributed by atoms with Crippen LogP contribution in [0.25, 0.3) is 0 Å². The van der Waals surface area contributed by atoms with Gasteiger partial charge in [-0.2, -0.15) is 0 Å². The zero-order valence-electron chi connectivity index (χ0n) is 21.6. The van der Waals surface area contributed by atoms with Gasteiger partial charge in [0.25, 0.3) is 5.91 Å². The van der Waals surface area contributed by atoms with E-state index >= 15 is 0 Å². The summed E-state index contributed by atoms with van der Waals surface area (Å²) >= 11 is 6.39. The van der Waals surface area contributed by atoms with Crippen LogP contribution in [0.3, 0.4) is 0 Å². The number of amides is 1. The minimum Gasteiger partial charge on any atom is -0.491 e. The molecule has 1 amide bonds. The third-order valence-corrected chi connectivity index (χ3v) is 7.24. The number of hydrogen-bond donors (Lipinski definition) is 2. The van der Waals surface area contributed by atoms with Crippen LogP contribution in [0.15, 0.2) is 30.3 Å². The van der Waals surface area contributed by atoms with E-state index in [0.717, 1.165) is 30.8 Å². The summed E-state index contributed by atoms with van der Waals surface area (Å²) in [5.74, 6) is -0.542. The average Bonchev–Trinajstić information content (AvgIpc) is 3.52. The van der Waals surface area contributed by atoms with Crippen LogP contribution in [0.4, 0.5) is 0 Å². The third kappa shape index (κ3) is 6.65. The van der Waals surface area contributed by atoms with Gasteiger partial charge in [0.2, 0.25) is 0 Å². The highest BCUT2D eigenvalue weighted by Crippen LogP contribution is 2.26. The second-order valence-corrected chi connectivity index (χ2v) is 10.3. The van der Waals surface area contributed by atoms with Crippen molar-refractivity contribution < 1.29 is 28.7 Å². The number of fused-ring (bicyclic) bond motifs is 1. The lowest BCUT2D eigenvalue weighted by molar-refractivity contribution is -0.148. The highest BCUT2D eigenvalue weighted by atomic mass is 35.5. The molecule has 198 valence electrons. The van der Waals surface area contributed by atoms with Gasteiger partial charge in [-0.3, -0.25) is 9.69 Å². The molecule has 0 aromatic heterocycles. The number of benzene rings is 2. The summed E-state index contributed by atoms with van der Waals surface area (Å²) in [6, 6.07) is 7.93. The highest BCUT2D eigenvalue weighted by Gasteiger charge is 2.32. The third-order valence-electron chi connectivity index (χ3n) is 6.94. The van der Waals surface area contributed by atoms with Crippen LogP contribution in [-0.2, 0) is 27.4 Å². The normalized spacial score (nSPS) is 16.1. The van der Waals surface area contributed by atoms with Gasteiger partial charge in [0, 0.05) is 12.1 Å². The number of nitrogens with one attached hydrogen (secondary N) is 1. The van der Waals surface area contributed by atoms with Crippen LogP contribution in [0.5, 0.6) is 5.75 Å². The number of carbonyl (C=O) groups is 2. The van der Waals surface area contributed by atoms with Crippen LogP contribution in [0.2, 0.25) is 5.02 Å². The van der Waals surface area contributed by atoms with Gasteiger partial charge in [0.15, 0.2) is 0 Å². The Bertz CT molecular complexity index is 1140. The molecule has 0 radical (unpaired) electrons. The number of halogens is 1. The first-order chi connectivity index (χ1) is 17.7.